The average Bonchev–Trinajstić information content (AvgIpc) is 3.05. The molecule has 1 atom stereocenters. The van der Waals surface area contributed by atoms with Gasteiger partial charge in [-0.15, -0.1) is 12.4 Å². The predicted molar refractivity (Wildman–Crippen MR) is 89.1 cm³/mol. The summed E-state index contributed by atoms with van der Waals surface area (Å²) in [5, 5.41) is 13.8. The van der Waals surface area contributed by atoms with E-state index >= 15 is 0 Å². The van der Waals surface area contributed by atoms with E-state index < -0.39 is 17.7 Å². The lowest BCUT2D eigenvalue weighted by atomic mass is 10.1. The number of carbonyl (C=O) groups excluding carboxylic acids is 1. The molecule has 0 radical (unpaired) electrons. The molecule has 9 heteroatoms. The Morgan fingerprint density at radius 2 is 2.12 bits per heavy atom. The highest BCUT2D eigenvalue weighted by Gasteiger charge is 2.22. The van der Waals surface area contributed by atoms with Gasteiger partial charge in [-0.25, -0.2) is 9.18 Å². The normalized spacial score (nSPS) is 16.3. The van der Waals surface area contributed by atoms with Gasteiger partial charge < -0.3 is 15.0 Å². The number of rotatable bonds is 7. The maximum absolute atomic E-state index is 12.6. The van der Waals surface area contributed by atoms with Crippen molar-refractivity contribution in [1.82, 2.24) is 10.2 Å². The molecular formula is C15H21ClFN3O4. The van der Waals surface area contributed by atoms with Gasteiger partial charge in [0.25, 0.3) is 5.69 Å². The molecule has 2 rings (SSSR count). The van der Waals surface area contributed by atoms with Crippen LogP contribution in [0.15, 0.2) is 24.3 Å². The van der Waals surface area contributed by atoms with Crippen LogP contribution in [0.2, 0.25) is 0 Å². The third-order valence-electron chi connectivity index (χ3n) is 3.76. The summed E-state index contributed by atoms with van der Waals surface area (Å²) in [6.07, 6.45) is 0.395. The third-order valence-corrected chi connectivity index (χ3v) is 3.76. The summed E-state index contributed by atoms with van der Waals surface area (Å²) in [7, 11) is 0. The highest BCUT2D eigenvalue weighted by atomic mass is 35.5. The van der Waals surface area contributed by atoms with Gasteiger partial charge in [0.05, 0.1) is 11.5 Å². The number of hydrogen-bond donors (Lipinski definition) is 1. The van der Waals surface area contributed by atoms with Gasteiger partial charge in [-0.05, 0) is 43.1 Å². The molecule has 1 N–H and O–H groups in total. The Balaban J connectivity index is 0.00000288. The highest BCUT2D eigenvalue weighted by Crippen LogP contribution is 2.14. The number of carbonyl (C=O) groups is 1. The van der Waals surface area contributed by atoms with E-state index in [-0.39, 0.29) is 31.2 Å². The smallest absolute Gasteiger partial charge is 0.410 e. The van der Waals surface area contributed by atoms with Crippen LogP contribution in [0.1, 0.15) is 12.0 Å². The maximum atomic E-state index is 12.6. The second-order valence-electron chi connectivity index (χ2n) is 5.47. The zero-order chi connectivity index (χ0) is 16.7. The molecule has 7 nitrogen and oxygen atoms in total. The van der Waals surface area contributed by atoms with Gasteiger partial charge in [0, 0.05) is 18.7 Å². The van der Waals surface area contributed by atoms with Crippen LogP contribution in [0.3, 0.4) is 0 Å². The fourth-order valence-electron chi connectivity index (χ4n) is 2.49. The van der Waals surface area contributed by atoms with Crippen LogP contribution < -0.4 is 5.32 Å². The summed E-state index contributed by atoms with van der Waals surface area (Å²) in [6, 6.07) is 5.77. The molecule has 0 spiro atoms. The number of alkyl halides is 1. The number of amides is 1. The van der Waals surface area contributed by atoms with E-state index in [0.717, 1.165) is 19.5 Å². The van der Waals surface area contributed by atoms with Crippen LogP contribution in [0, 0.1) is 16.0 Å². The molecule has 0 unspecified atom stereocenters. The average molecular weight is 362 g/mol. The number of halogens is 2. The molecule has 1 amide bonds. The Morgan fingerprint density at radius 3 is 2.67 bits per heavy atom. The van der Waals surface area contributed by atoms with Gasteiger partial charge in [-0.3, -0.25) is 10.1 Å². The van der Waals surface area contributed by atoms with E-state index in [9.17, 15) is 19.3 Å². The molecule has 1 saturated heterocycles. The first-order chi connectivity index (χ1) is 11.1. The number of nitro benzene ring substituents is 1. The molecule has 1 aromatic rings. The lowest BCUT2D eigenvalue weighted by Gasteiger charge is -2.23. The predicted octanol–water partition coefficient (Wildman–Crippen LogP) is 2.53. The second-order valence-corrected chi connectivity index (χ2v) is 5.47. The summed E-state index contributed by atoms with van der Waals surface area (Å²) in [4.78, 5) is 23.5. The van der Waals surface area contributed by atoms with E-state index in [4.69, 9.17) is 4.74 Å². The summed E-state index contributed by atoms with van der Waals surface area (Å²) < 4.78 is 17.8. The summed E-state index contributed by atoms with van der Waals surface area (Å²) in [5.74, 6) is 0.313. The van der Waals surface area contributed by atoms with Crippen molar-refractivity contribution >= 4 is 24.2 Å². The van der Waals surface area contributed by atoms with E-state index in [0.29, 0.717) is 18.0 Å². The van der Waals surface area contributed by atoms with Gasteiger partial charge in [0.2, 0.25) is 0 Å². The van der Waals surface area contributed by atoms with Gasteiger partial charge in [0.1, 0.15) is 13.3 Å². The van der Waals surface area contributed by atoms with Crippen molar-refractivity contribution < 1.29 is 18.8 Å². The van der Waals surface area contributed by atoms with Crippen molar-refractivity contribution in [2.75, 3.05) is 32.9 Å². The van der Waals surface area contributed by atoms with Crippen LogP contribution in [-0.4, -0.2) is 48.8 Å². The first-order valence-corrected chi connectivity index (χ1v) is 7.52. The maximum Gasteiger partial charge on any atom is 0.410 e. The summed E-state index contributed by atoms with van der Waals surface area (Å²) in [5.41, 5.74) is 0.625. The van der Waals surface area contributed by atoms with Crippen LogP contribution in [0.25, 0.3) is 0 Å². The number of nitrogens with one attached hydrogen (secondary N) is 1. The summed E-state index contributed by atoms with van der Waals surface area (Å²) in [6.45, 7) is 1.59. The van der Waals surface area contributed by atoms with Crippen molar-refractivity contribution in [2.45, 2.75) is 13.0 Å². The zero-order valence-electron chi connectivity index (χ0n) is 13.2. The lowest BCUT2D eigenvalue weighted by Crippen LogP contribution is -2.37. The Kier molecular flexibility index (Phi) is 8.42. The quantitative estimate of drug-likeness (QED) is 0.596. The number of nitrogens with zero attached hydrogens (tertiary/aromatic N) is 2. The minimum atomic E-state index is -0.618. The van der Waals surface area contributed by atoms with E-state index in [2.05, 4.69) is 5.32 Å². The van der Waals surface area contributed by atoms with Crippen molar-refractivity contribution in [3.63, 3.8) is 0 Å². The Hall–Kier alpha value is -1.93. The van der Waals surface area contributed by atoms with Crippen LogP contribution in [-0.2, 0) is 11.3 Å². The highest BCUT2D eigenvalue weighted by molar-refractivity contribution is 5.85. The first kappa shape index (κ1) is 20.1. The number of ether oxygens (including phenoxy) is 1. The topological polar surface area (TPSA) is 84.7 Å². The minimum Gasteiger partial charge on any atom is -0.445 e. The number of benzene rings is 1. The molecule has 1 aromatic carbocycles. The van der Waals surface area contributed by atoms with Crippen molar-refractivity contribution in [1.29, 1.82) is 0 Å². The van der Waals surface area contributed by atoms with Crippen LogP contribution in [0.5, 0.6) is 0 Å². The number of nitro groups is 1. The Labute approximate surface area is 145 Å². The second kappa shape index (κ2) is 10.0. The van der Waals surface area contributed by atoms with Gasteiger partial charge in [-0.1, -0.05) is 0 Å². The molecular weight excluding hydrogens is 341 g/mol. The zero-order valence-corrected chi connectivity index (χ0v) is 14.0. The number of non-ortho nitro benzene ring substituents is 1. The van der Waals surface area contributed by atoms with Crippen LogP contribution in [0.4, 0.5) is 14.9 Å². The fourth-order valence-corrected chi connectivity index (χ4v) is 2.49. The molecule has 0 saturated carbocycles. The molecule has 1 aliphatic heterocycles. The van der Waals surface area contributed by atoms with Crippen LogP contribution >= 0.6 is 12.4 Å². The monoisotopic (exact) mass is 361 g/mol. The molecule has 0 bridgehead atoms. The van der Waals surface area contributed by atoms with Crippen molar-refractivity contribution in [2.24, 2.45) is 5.92 Å². The molecule has 24 heavy (non-hydrogen) atoms. The van der Waals surface area contributed by atoms with Crippen molar-refractivity contribution in [3.8, 4) is 0 Å². The molecule has 1 aliphatic rings. The minimum absolute atomic E-state index is 0. The van der Waals surface area contributed by atoms with E-state index in [1.54, 1.807) is 0 Å². The molecule has 0 aromatic heterocycles. The van der Waals surface area contributed by atoms with Gasteiger partial charge in [-0.2, -0.15) is 0 Å². The molecule has 1 fully saturated rings. The Morgan fingerprint density at radius 1 is 1.42 bits per heavy atom. The molecule has 0 aliphatic carbocycles. The van der Waals surface area contributed by atoms with Gasteiger partial charge in [0.15, 0.2) is 0 Å². The SMILES string of the molecule is Cl.O=C(OCc1ccc([N+](=O)[O-])cc1)N(CCF)C[C@H]1CCNC1. The number of hydrogen-bond acceptors (Lipinski definition) is 5. The van der Waals surface area contributed by atoms with Crippen molar-refractivity contribution in [3.05, 3.63) is 39.9 Å². The fraction of sp³-hybridized carbons (Fsp3) is 0.533. The largest absolute Gasteiger partial charge is 0.445 e. The van der Waals surface area contributed by atoms with E-state index in [1.165, 1.54) is 29.2 Å². The summed E-state index contributed by atoms with van der Waals surface area (Å²) >= 11 is 0. The standard InChI is InChI=1S/C15H20FN3O4.ClH/c16-6-8-18(10-13-5-7-17-9-13)15(20)23-11-12-1-3-14(4-2-12)19(21)22;/h1-4,13,17H,5-11H2;1H/t13-;/m0./s1. The molecule has 1 heterocycles. The van der Waals surface area contributed by atoms with E-state index in [1.807, 2.05) is 0 Å². The first-order valence-electron chi connectivity index (χ1n) is 7.52. The third kappa shape index (κ3) is 5.93. The lowest BCUT2D eigenvalue weighted by molar-refractivity contribution is -0.384. The van der Waals surface area contributed by atoms with Gasteiger partial charge >= 0.3 is 6.09 Å². The Bertz CT molecular complexity index is 538. The molecule has 134 valence electrons.